The average Bonchev–Trinajstić information content (AvgIpc) is 2.98. The highest BCUT2D eigenvalue weighted by molar-refractivity contribution is 5.67. The van der Waals surface area contributed by atoms with Crippen molar-refractivity contribution in [1.29, 1.82) is 0 Å². The first-order valence-corrected chi connectivity index (χ1v) is 6.11. The normalized spacial score (nSPS) is 10.5. The van der Waals surface area contributed by atoms with E-state index in [0.29, 0.717) is 22.6 Å². The van der Waals surface area contributed by atoms with E-state index in [1.807, 2.05) is 0 Å². The molecule has 3 rings (SSSR count). The molecule has 0 spiro atoms. The Bertz CT molecular complexity index is 779. The fourth-order valence-corrected chi connectivity index (χ4v) is 1.92. The maximum atomic E-state index is 12.9. The summed E-state index contributed by atoms with van der Waals surface area (Å²) in [6, 6.07) is 13.6. The molecule has 0 N–H and O–H groups in total. The van der Waals surface area contributed by atoms with Crippen LogP contribution in [-0.4, -0.2) is 10.1 Å². The third kappa shape index (κ3) is 2.64. The highest BCUT2D eigenvalue weighted by Crippen LogP contribution is 2.27. The molecule has 0 radical (unpaired) electrons. The molecule has 0 fully saturated rings. The number of non-ortho nitro benzene ring substituents is 1. The minimum absolute atomic E-state index is 0.0148. The Balaban J connectivity index is 1.90. The van der Waals surface area contributed by atoms with Crippen LogP contribution in [0.5, 0.6) is 0 Å². The van der Waals surface area contributed by atoms with Crippen LogP contribution in [0.1, 0.15) is 0 Å². The first-order valence-electron chi connectivity index (χ1n) is 6.11. The Morgan fingerprint density at radius 1 is 1.00 bits per heavy atom. The summed E-state index contributed by atoms with van der Waals surface area (Å²) in [4.78, 5) is 10.1. The number of hydrogen-bond acceptors (Lipinski definition) is 4. The van der Waals surface area contributed by atoms with E-state index in [-0.39, 0.29) is 11.5 Å². The molecule has 0 aliphatic rings. The van der Waals surface area contributed by atoms with Gasteiger partial charge in [0, 0.05) is 29.3 Å². The van der Waals surface area contributed by atoms with Crippen LogP contribution in [0.2, 0.25) is 0 Å². The second-order valence-corrected chi connectivity index (χ2v) is 4.39. The maximum absolute atomic E-state index is 12.9. The predicted molar refractivity (Wildman–Crippen MR) is 74.0 cm³/mol. The summed E-state index contributed by atoms with van der Waals surface area (Å²) in [5, 5.41) is 14.5. The molecule has 1 heterocycles. The molecule has 0 unspecified atom stereocenters. The van der Waals surface area contributed by atoms with Crippen molar-refractivity contribution in [2.45, 2.75) is 0 Å². The Labute approximate surface area is 118 Å². The highest BCUT2D eigenvalue weighted by atomic mass is 19.1. The van der Waals surface area contributed by atoms with Gasteiger partial charge in [-0.15, -0.1) is 0 Å². The molecule has 0 saturated carbocycles. The molecule has 104 valence electrons. The molecule has 6 heteroatoms. The van der Waals surface area contributed by atoms with E-state index in [1.54, 1.807) is 30.3 Å². The molecule has 0 saturated heterocycles. The van der Waals surface area contributed by atoms with E-state index in [0.717, 1.165) is 0 Å². The van der Waals surface area contributed by atoms with Gasteiger partial charge in [-0.1, -0.05) is 5.16 Å². The molecule has 3 aromatic rings. The molecule has 0 bridgehead atoms. The number of halogens is 1. The van der Waals surface area contributed by atoms with Gasteiger partial charge in [-0.05, 0) is 36.4 Å². The fourth-order valence-electron chi connectivity index (χ4n) is 1.92. The standard InChI is InChI=1S/C15H9FN2O3/c16-12-5-1-11(2-6-12)15-9-14(17-21-15)10-3-7-13(8-4-10)18(19)20/h1-9H. The maximum Gasteiger partial charge on any atom is 0.269 e. The van der Waals surface area contributed by atoms with Crippen LogP contribution in [0.15, 0.2) is 59.1 Å². The van der Waals surface area contributed by atoms with Crippen LogP contribution in [0.3, 0.4) is 0 Å². The second kappa shape index (κ2) is 5.16. The SMILES string of the molecule is O=[N+]([O-])c1ccc(-c2cc(-c3ccc(F)cc3)on2)cc1. The number of aromatic nitrogens is 1. The van der Waals surface area contributed by atoms with Crippen molar-refractivity contribution in [1.82, 2.24) is 5.16 Å². The van der Waals surface area contributed by atoms with Gasteiger partial charge in [-0.25, -0.2) is 4.39 Å². The van der Waals surface area contributed by atoms with Crippen molar-refractivity contribution in [3.05, 3.63) is 70.5 Å². The van der Waals surface area contributed by atoms with Crippen LogP contribution < -0.4 is 0 Å². The summed E-state index contributed by atoms with van der Waals surface area (Å²) in [6.07, 6.45) is 0. The molecule has 21 heavy (non-hydrogen) atoms. The summed E-state index contributed by atoms with van der Waals surface area (Å²) in [7, 11) is 0. The van der Waals surface area contributed by atoms with Crippen molar-refractivity contribution < 1.29 is 13.8 Å². The van der Waals surface area contributed by atoms with Crippen molar-refractivity contribution >= 4 is 5.69 Å². The molecule has 5 nitrogen and oxygen atoms in total. The minimum Gasteiger partial charge on any atom is -0.356 e. The Kier molecular flexibility index (Phi) is 3.19. The fraction of sp³-hybridized carbons (Fsp3) is 0. The molecule has 0 aliphatic heterocycles. The number of benzene rings is 2. The topological polar surface area (TPSA) is 69.2 Å². The van der Waals surface area contributed by atoms with Gasteiger partial charge in [0.25, 0.3) is 5.69 Å². The zero-order chi connectivity index (χ0) is 14.8. The van der Waals surface area contributed by atoms with Crippen LogP contribution >= 0.6 is 0 Å². The summed E-state index contributed by atoms with van der Waals surface area (Å²) in [6.45, 7) is 0. The molecule has 0 amide bonds. The predicted octanol–water partition coefficient (Wildman–Crippen LogP) is 4.06. The van der Waals surface area contributed by atoms with Crippen LogP contribution in [0.4, 0.5) is 10.1 Å². The smallest absolute Gasteiger partial charge is 0.269 e. The van der Waals surface area contributed by atoms with Gasteiger partial charge >= 0.3 is 0 Å². The van der Waals surface area contributed by atoms with E-state index in [9.17, 15) is 14.5 Å². The van der Waals surface area contributed by atoms with Gasteiger partial charge in [-0.2, -0.15) is 0 Å². The Morgan fingerprint density at radius 3 is 2.24 bits per heavy atom. The Hall–Kier alpha value is -3.02. The minimum atomic E-state index is -0.462. The number of nitro groups is 1. The zero-order valence-electron chi connectivity index (χ0n) is 10.7. The number of hydrogen-bond donors (Lipinski definition) is 0. The van der Waals surface area contributed by atoms with E-state index < -0.39 is 4.92 Å². The third-order valence-corrected chi connectivity index (χ3v) is 3.01. The van der Waals surface area contributed by atoms with Crippen molar-refractivity contribution in [2.75, 3.05) is 0 Å². The first kappa shape index (κ1) is 13.0. The molecule has 2 aromatic carbocycles. The van der Waals surface area contributed by atoms with Crippen LogP contribution in [-0.2, 0) is 0 Å². The van der Waals surface area contributed by atoms with Gasteiger partial charge in [-0.3, -0.25) is 10.1 Å². The van der Waals surface area contributed by atoms with Crippen LogP contribution in [0.25, 0.3) is 22.6 Å². The highest BCUT2D eigenvalue weighted by Gasteiger charge is 2.10. The van der Waals surface area contributed by atoms with E-state index in [2.05, 4.69) is 5.16 Å². The summed E-state index contributed by atoms with van der Waals surface area (Å²) in [5.74, 6) is 0.178. The van der Waals surface area contributed by atoms with Crippen molar-refractivity contribution in [3.63, 3.8) is 0 Å². The van der Waals surface area contributed by atoms with Gasteiger partial charge in [0.05, 0.1) is 4.92 Å². The second-order valence-electron chi connectivity index (χ2n) is 4.39. The molecule has 0 atom stereocenters. The average molecular weight is 284 g/mol. The van der Waals surface area contributed by atoms with E-state index in [1.165, 1.54) is 24.3 Å². The summed E-state index contributed by atoms with van der Waals surface area (Å²) >= 11 is 0. The quantitative estimate of drug-likeness (QED) is 0.537. The van der Waals surface area contributed by atoms with Crippen LogP contribution in [0, 0.1) is 15.9 Å². The summed E-state index contributed by atoms with van der Waals surface area (Å²) in [5.41, 5.74) is 1.99. The van der Waals surface area contributed by atoms with Gasteiger partial charge in [0.2, 0.25) is 0 Å². The van der Waals surface area contributed by atoms with Gasteiger partial charge < -0.3 is 4.52 Å². The number of nitro benzene ring substituents is 1. The molecular formula is C15H9FN2O3. The summed E-state index contributed by atoms with van der Waals surface area (Å²) < 4.78 is 18.1. The van der Waals surface area contributed by atoms with E-state index in [4.69, 9.17) is 4.52 Å². The molecule has 1 aromatic heterocycles. The zero-order valence-corrected chi connectivity index (χ0v) is 10.7. The Morgan fingerprint density at radius 2 is 1.62 bits per heavy atom. The van der Waals surface area contributed by atoms with Crippen molar-refractivity contribution in [2.24, 2.45) is 0 Å². The van der Waals surface area contributed by atoms with E-state index >= 15 is 0 Å². The number of rotatable bonds is 3. The molecular weight excluding hydrogens is 275 g/mol. The first-order chi connectivity index (χ1) is 10.1. The van der Waals surface area contributed by atoms with Gasteiger partial charge in [0.15, 0.2) is 5.76 Å². The number of nitrogens with zero attached hydrogens (tertiary/aromatic N) is 2. The lowest BCUT2D eigenvalue weighted by Crippen LogP contribution is -1.87. The van der Waals surface area contributed by atoms with Gasteiger partial charge in [0.1, 0.15) is 11.5 Å². The lowest BCUT2D eigenvalue weighted by molar-refractivity contribution is -0.384. The largest absolute Gasteiger partial charge is 0.356 e. The third-order valence-electron chi connectivity index (χ3n) is 3.01. The lowest BCUT2D eigenvalue weighted by atomic mass is 10.1. The molecule has 0 aliphatic carbocycles. The van der Waals surface area contributed by atoms with Crippen molar-refractivity contribution in [3.8, 4) is 22.6 Å². The lowest BCUT2D eigenvalue weighted by Gasteiger charge is -1.95. The monoisotopic (exact) mass is 284 g/mol.